The maximum absolute atomic E-state index is 12.1. The maximum atomic E-state index is 12.1. The smallest absolute Gasteiger partial charge is 0.366 e. The normalized spacial score (nSPS) is 11.2. The Morgan fingerprint density at radius 2 is 1.96 bits per heavy atom. The van der Waals surface area contributed by atoms with E-state index in [9.17, 15) is 14.9 Å². The summed E-state index contributed by atoms with van der Waals surface area (Å²) in [6.45, 7) is 1.44. The molecule has 0 bridgehead atoms. The fourth-order valence-corrected chi connectivity index (χ4v) is 2.43. The number of oxime groups is 1. The number of nitrogens with two attached hydrogens (primary N) is 1. The third kappa shape index (κ3) is 3.81. The van der Waals surface area contributed by atoms with Gasteiger partial charge in [-0.3, -0.25) is 10.1 Å². The zero-order valence-corrected chi connectivity index (χ0v) is 13.8. The number of hydrogen-bond donors (Lipinski definition) is 1. The van der Waals surface area contributed by atoms with E-state index in [4.69, 9.17) is 33.8 Å². The summed E-state index contributed by atoms with van der Waals surface area (Å²) in [6.07, 6.45) is 0. The van der Waals surface area contributed by atoms with Crippen molar-refractivity contribution in [3.63, 3.8) is 0 Å². The third-order valence-electron chi connectivity index (χ3n) is 3.16. The van der Waals surface area contributed by atoms with Crippen molar-refractivity contribution in [3.05, 3.63) is 73.2 Å². The summed E-state index contributed by atoms with van der Waals surface area (Å²) in [5.41, 5.74) is 6.06. The molecule has 0 aliphatic heterocycles. The highest BCUT2D eigenvalue weighted by Gasteiger charge is 2.19. The Morgan fingerprint density at radius 3 is 2.58 bits per heavy atom. The molecule has 0 aliphatic rings. The van der Waals surface area contributed by atoms with Gasteiger partial charge >= 0.3 is 5.97 Å². The molecule has 2 aromatic rings. The largest absolute Gasteiger partial charge is 0.380 e. The molecule has 0 aliphatic carbocycles. The number of halogens is 2. The van der Waals surface area contributed by atoms with Crippen molar-refractivity contribution in [2.75, 3.05) is 0 Å². The number of benzene rings is 2. The van der Waals surface area contributed by atoms with Crippen molar-refractivity contribution in [1.29, 1.82) is 0 Å². The Kier molecular flexibility index (Phi) is 5.38. The fourth-order valence-electron chi connectivity index (χ4n) is 1.93. The first-order valence-electron chi connectivity index (χ1n) is 6.55. The number of carbonyl (C=O) groups is 1. The van der Waals surface area contributed by atoms with Crippen LogP contribution in [0.3, 0.4) is 0 Å². The Bertz CT molecular complexity index is 853. The van der Waals surface area contributed by atoms with Crippen LogP contribution in [0.25, 0.3) is 0 Å². The summed E-state index contributed by atoms with van der Waals surface area (Å²) in [7, 11) is 0. The van der Waals surface area contributed by atoms with E-state index in [1.807, 2.05) is 0 Å². The van der Waals surface area contributed by atoms with E-state index in [1.165, 1.54) is 37.3 Å². The quantitative estimate of drug-likeness (QED) is 0.291. The maximum Gasteiger partial charge on any atom is 0.366 e. The monoisotopic (exact) mass is 367 g/mol. The molecular formula is C15H11Cl2N3O4. The lowest BCUT2D eigenvalue weighted by molar-refractivity contribution is -0.385. The summed E-state index contributed by atoms with van der Waals surface area (Å²) < 4.78 is 0. The van der Waals surface area contributed by atoms with Gasteiger partial charge in [0.1, 0.15) is 0 Å². The molecule has 7 nitrogen and oxygen atoms in total. The number of amidine groups is 1. The van der Waals surface area contributed by atoms with E-state index < -0.39 is 10.9 Å². The zero-order valence-electron chi connectivity index (χ0n) is 12.3. The van der Waals surface area contributed by atoms with E-state index in [1.54, 1.807) is 6.07 Å². The van der Waals surface area contributed by atoms with Gasteiger partial charge in [0.25, 0.3) is 5.69 Å². The molecule has 124 valence electrons. The standard InChI is InChI=1S/C15H11Cl2N3O4/c1-8-10(3-2-4-13(8)20(22)23)15(21)24-19-14(18)11-6-5-9(16)7-12(11)17/h2-7H,1H3,(H2,18,19). The second-order valence-corrected chi connectivity index (χ2v) is 5.53. The molecule has 0 saturated heterocycles. The van der Waals surface area contributed by atoms with Gasteiger partial charge in [0, 0.05) is 22.2 Å². The van der Waals surface area contributed by atoms with Crippen molar-refractivity contribution >= 4 is 40.7 Å². The molecule has 0 atom stereocenters. The minimum Gasteiger partial charge on any atom is -0.380 e. The molecule has 0 aromatic heterocycles. The highest BCUT2D eigenvalue weighted by atomic mass is 35.5. The molecular weight excluding hydrogens is 357 g/mol. The second-order valence-electron chi connectivity index (χ2n) is 4.69. The van der Waals surface area contributed by atoms with Gasteiger partial charge in [0.2, 0.25) is 0 Å². The first-order chi connectivity index (χ1) is 11.3. The minimum atomic E-state index is -0.871. The lowest BCUT2D eigenvalue weighted by Gasteiger charge is -2.05. The summed E-state index contributed by atoms with van der Waals surface area (Å²) in [5.74, 6) is -1.00. The van der Waals surface area contributed by atoms with Crippen molar-refractivity contribution < 1.29 is 14.6 Å². The Balaban J connectivity index is 2.24. The lowest BCUT2D eigenvalue weighted by Crippen LogP contribution is -2.16. The molecule has 2 rings (SSSR count). The lowest BCUT2D eigenvalue weighted by atomic mass is 10.1. The van der Waals surface area contributed by atoms with E-state index in [-0.39, 0.29) is 27.7 Å². The Morgan fingerprint density at radius 1 is 1.25 bits per heavy atom. The van der Waals surface area contributed by atoms with Crippen LogP contribution in [0.4, 0.5) is 5.69 Å². The molecule has 2 aromatic carbocycles. The minimum absolute atomic E-state index is 0.0166. The molecule has 2 N–H and O–H groups in total. The number of carbonyl (C=O) groups excluding carboxylic acids is 1. The van der Waals surface area contributed by atoms with Crippen molar-refractivity contribution in [2.24, 2.45) is 10.9 Å². The van der Waals surface area contributed by atoms with Gasteiger partial charge in [-0.15, -0.1) is 0 Å². The number of nitro benzene ring substituents is 1. The van der Waals surface area contributed by atoms with Crippen LogP contribution in [0.2, 0.25) is 10.0 Å². The predicted molar refractivity (Wildman–Crippen MR) is 90.4 cm³/mol. The highest BCUT2D eigenvalue weighted by molar-refractivity contribution is 6.36. The zero-order chi connectivity index (χ0) is 17.9. The van der Waals surface area contributed by atoms with E-state index >= 15 is 0 Å². The average molecular weight is 368 g/mol. The number of hydrogen-bond acceptors (Lipinski definition) is 5. The van der Waals surface area contributed by atoms with Gasteiger partial charge < -0.3 is 10.6 Å². The second kappa shape index (κ2) is 7.29. The molecule has 0 unspecified atom stereocenters. The Hall–Kier alpha value is -2.64. The summed E-state index contributed by atoms with van der Waals surface area (Å²) in [5, 5.41) is 15.1. The third-order valence-corrected chi connectivity index (χ3v) is 3.70. The summed E-state index contributed by atoms with van der Waals surface area (Å²) in [4.78, 5) is 27.1. The number of nitrogens with zero attached hydrogens (tertiary/aromatic N) is 2. The summed E-state index contributed by atoms with van der Waals surface area (Å²) in [6, 6.07) is 8.61. The molecule has 24 heavy (non-hydrogen) atoms. The van der Waals surface area contributed by atoms with Gasteiger partial charge in [0.15, 0.2) is 5.84 Å². The van der Waals surface area contributed by atoms with Crippen LogP contribution >= 0.6 is 23.2 Å². The molecule has 9 heteroatoms. The van der Waals surface area contributed by atoms with Gasteiger partial charge in [-0.25, -0.2) is 4.79 Å². The van der Waals surface area contributed by atoms with Crippen molar-refractivity contribution in [2.45, 2.75) is 6.92 Å². The molecule has 0 amide bonds. The van der Waals surface area contributed by atoms with E-state index in [0.29, 0.717) is 10.6 Å². The topological polar surface area (TPSA) is 108 Å². The van der Waals surface area contributed by atoms with Gasteiger partial charge in [0.05, 0.1) is 15.5 Å². The first-order valence-corrected chi connectivity index (χ1v) is 7.31. The van der Waals surface area contributed by atoms with Crippen LogP contribution in [0, 0.1) is 17.0 Å². The van der Waals surface area contributed by atoms with Crippen molar-refractivity contribution in [1.82, 2.24) is 0 Å². The molecule has 0 heterocycles. The first kappa shape index (κ1) is 17.7. The Labute approximate surface area is 146 Å². The van der Waals surface area contributed by atoms with Crippen LogP contribution in [0.1, 0.15) is 21.5 Å². The SMILES string of the molecule is Cc1c(C(=O)O/N=C(\N)c2ccc(Cl)cc2Cl)cccc1[N+](=O)[O-]. The molecule has 0 spiro atoms. The van der Waals surface area contributed by atoms with E-state index in [0.717, 1.165) is 0 Å². The van der Waals surface area contributed by atoms with Crippen LogP contribution in [0.5, 0.6) is 0 Å². The number of rotatable bonds is 4. The van der Waals surface area contributed by atoms with Gasteiger partial charge in [-0.05, 0) is 31.2 Å². The number of nitro groups is 1. The van der Waals surface area contributed by atoms with Crippen LogP contribution in [-0.2, 0) is 4.84 Å². The van der Waals surface area contributed by atoms with Crippen molar-refractivity contribution in [3.8, 4) is 0 Å². The highest BCUT2D eigenvalue weighted by Crippen LogP contribution is 2.23. The van der Waals surface area contributed by atoms with Crippen LogP contribution in [0.15, 0.2) is 41.6 Å². The van der Waals surface area contributed by atoms with Crippen LogP contribution < -0.4 is 5.73 Å². The van der Waals surface area contributed by atoms with Gasteiger partial charge in [-0.2, -0.15) is 0 Å². The predicted octanol–water partition coefficient (Wildman–Crippen LogP) is 3.69. The molecule has 0 saturated carbocycles. The average Bonchev–Trinajstić information content (AvgIpc) is 2.52. The fraction of sp³-hybridized carbons (Fsp3) is 0.0667. The van der Waals surface area contributed by atoms with E-state index in [2.05, 4.69) is 5.16 Å². The molecule has 0 radical (unpaired) electrons. The van der Waals surface area contributed by atoms with Crippen LogP contribution in [-0.4, -0.2) is 16.7 Å². The van der Waals surface area contributed by atoms with Gasteiger partial charge in [-0.1, -0.05) is 34.4 Å². The molecule has 0 fully saturated rings. The summed E-state index contributed by atoms with van der Waals surface area (Å²) >= 11 is 11.8.